The van der Waals surface area contributed by atoms with Crippen LogP contribution in [0.15, 0.2) is 43.3 Å². The first-order valence-corrected chi connectivity index (χ1v) is 9.65. The molecule has 168 valence electrons. The zero-order valence-electron chi connectivity index (χ0n) is 18.8. The van der Waals surface area contributed by atoms with Crippen molar-refractivity contribution in [3.8, 4) is 0 Å². The van der Waals surface area contributed by atoms with Gasteiger partial charge in [0.05, 0.1) is 25.7 Å². The Balaban J connectivity index is -0.000000733. The second-order valence-electron chi connectivity index (χ2n) is 6.08. The van der Waals surface area contributed by atoms with Gasteiger partial charge < -0.3 is 15.1 Å². The van der Waals surface area contributed by atoms with Gasteiger partial charge in [0.15, 0.2) is 0 Å². The van der Waals surface area contributed by atoms with E-state index in [1.165, 1.54) is 6.08 Å². The third kappa shape index (κ3) is 13.8. The molecule has 0 bridgehead atoms. The normalized spacial score (nSPS) is 11.8. The van der Waals surface area contributed by atoms with Crippen LogP contribution >= 0.6 is 0 Å². The van der Waals surface area contributed by atoms with Crippen molar-refractivity contribution < 1.29 is 23.8 Å². The van der Waals surface area contributed by atoms with Crippen molar-refractivity contribution in [1.29, 1.82) is 0 Å². The molecule has 1 rings (SSSR count). The van der Waals surface area contributed by atoms with Gasteiger partial charge in [0.25, 0.3) is 0 Å². The number of benzene rings is 1. The maximum absolute atomic E-state index is 11.0. The summed E-state index contributed by atoms with van der Waals surface area (Å²) in [5, 5.41) is 20.5. The molecule has 0 spiro atoms. The summed E-state index contributed by atoms with van der Waals surface area (Å²) in [5.41, 5.74) is 0.706. The average molecular weight is 416 g/mol. The third-order valence-electron chi connectivity index (χ3n) is 3.74. The number of carbonyl (C=O) groups is 1. The van der Waals surface area contributed by atoms with E-state index in [4.69, 9.17) is 0 Å². The highest BCUT2D eigenvalue weighted by molar-refractivity contribution is 5.75. The Morgan fingerprint density at radius 3 is 2.17 bits per heavy atom. The number of carbonyl (C=O) groups excluding carboxylic acids is 1. The molecule has 0 aliphatic heterocycles. The third-order valence-corrected chi connectivity index (χ3v) is 3.74. The summed E-state index contributed by atoms with van der Waals surface area (Å²) < 4.78 is 20.0. The molecule has 2 N–H and O–H groups in total. The second kappa shape index (κ2) is 20.8. The number of hydrogen-bond acceptors (Lipinski definition) is 4. The van der Waals surface area contributed by atoms with E-state index in [1.807, 2.05) is 27.9 Å². The first-order valence-electron chi connectivity index (χ1n) is 9.65. The van der Waals surface area contributed by atoms with E-state index >= 15 is 0 Å². The summed E-state index contributed by atoms with van der Waals surface area (Å²) in [6.07, 6.45) is 6.07. The zero-order valence-corrected chi connectivity index (χ0v) is 18.8. The van der Waals surface area contributed by atoms with E-state index in [9.17, 15) is 23.8 Å². The van der Waals surface area contributed by atoms with Gasteiger partial charge >= 0.3 is 0 Å². The van der Waals surface area contributed by atoms with Gasteiger partial charge in [-0.1, -0.05) is 38.1 Å². The maximum Gasteiger partial charge on any atom is 0.150 e. The van der Waals surface area contributed by atoms with Crippen molar-refractivity contribution >= 4 is 6.29 Å². The predicted octanol–water partition coefficient (Wildman–Crippen LogP) is 5.20. The molecular formula is C23H39F2NO3. The van der Waals surface area contributed by atoms with E-state index in [1.54, 1.807) is 31.2 Å². The lowest BCUT2D eigenvalue weighted by molar-refractivity contribution is 0.0248. The van der Waals surface area contributed by atoms with Gasteiger partial charge in [0.1, 0.15) is 6.29 Å². The molecule has 0 saturated carbocycles. The van der Waals surface area contributed by atoms with Crippen LogP contribution in [0.3, 0.4) is 0 Å². The van der Waals surface area contributed by atoms with Crippen LogP contribution < -0.4 is 0 Å². The molecule has 0 saturated heterocycles. The lowest BCUT2D eigenvalue weighted by Crippen LogP contribution is -2.28. The van der Waals surface area contributed by atoms with Crippen LogP contribution in [0.25, 0.3) is 0 Å². The Kier molecular flexibility index (Phi) is 22.8. The fourth-order valence-electron chi connectivity index (χ4n) is 2.54. The van der Waals surface area contributed by atoms with E-state index in [0.29, 0.717) is 43.0 Å². The van der Waals surface area contributed by atoms with Gasteiger partial charge in [-0.25, -0.2) is 4.39 Å². The lowest BCUT2D eigenvalue weighted by atomic mass is 9.83. The Hall–Kier alpha value is -1.89. The fourth-order valence-corrected chi connectivity index (χ4v) is 2.54. The average Bonchev–Trinajstić information content (AvgIpc) is 2.76. The Labute approximate surface area is 175 Å². The Morgan fingerprint density at radius 2 is 1.79 bits per heavy atom. The molecule has 0 aromatic heterocycles. The predicted molar refractivity (Wildman–Crippen MR) is 119 cm³/mol. The first-order chi connectivity index (χ1) is 13.9. The standard InChI is InChI=1S/C17H25NO3.C3H5F.C2H6.CH3F/c1-4-8-17(21,9-5-10-18(2)3)16-7-6-14(12-19)11-15(16)13-20;1-2-3-4;2*1-2/h4,6-7,11-12,20-21H,1,5,8-10,13H2,2-3H3;2-3H,1H3;1-2H3;1H3/b;3-2+;;. The molecule has 1 atom stereocenters. The molecular weight excluding hydrogens is 376 g/mol. The Morgan fingerprint density at radius 1 is 1.24 bits per heavy atom. The van der Waals surface area contributed by atoms with Crippen LogP contribution in [-0.4, -0.2) is 49.2 Å². The number of aliphatic hydroxyl groups excluding tert-OH is 1. The van der Waals surface area contributed by atoms with Crippen LogP contribution in [-0.2, 0) is 12.2 Å². The first kappa shape index (κ1) is 31.8. The second-order valence-corrected chi connectivity index (χ2v) is 6.08. The summed E-state index contributed by atoms with van der Waals surface area (Å²) in [6, 6.07) is 5.03. The highest BCUT2D eigenvalue weighted by atomic mass is 19.1. The summed E-state index contributed by atoms with van der Waals surface area (Å²) in [4.78, 5) is 12.9. The van der Waals surface area contributed by atoms with Crippen molar-refractivity contribution in [2.24, 2.45) is 0 Å². The highest BCUT2D eigenvalue weighted by Crippen LogP contribution is 2.33. The molecule has 0 aliphatic rings. The molecule has 6 heteroatoms. The van der Waals surface area contributed by atoms with Gasteiger partial charge in [-0.3, -0.25) is 9.18 Å². The fraction of sp³-hybridized carbons (Fsp3) is 0.522. The number of alkyl halides is 1. The molecule has 0 fully saturated rings. The van der Waals surface area contributed by atoms with E-state index in [0.717, 1.165) is 19.3 Å². The smallest absolute Gasteiger partial charge is 0.150 e. The largest absolute Gasteiger partial charge is 0.392 e. The molecule has 0 amide bonds. The Bertz CT molecular complexity index is 559. The lowest BCUT2D eigenvalue weighted by Gasteiger charge is -2.30. The van der Waals surface area contributed by atoms with Gasteiger partial charge in [-0.15, -0.1) is 6.58 Å². The highest BCUT2D eigenvalue weighted by Gasteiger charge is 2.29. The van der Waals surface area contributed by atoms with Crippen LogP contribution in [0.5, 0.6) is 0 Å². The minimum absolute atomic E-state index is 0.204. The summed E-state index contributed by atoms with van der Waals surface area (Å²) in [6.45, 7) is 10.0. The van der Waals surface area contributed by atoms with E-state index in [-0.39, 0.29) is 6.61 Å². The van der Waals surface area contributed by atoms with Crippen molar-refractivity contribution in [1.82, 2.24) is 4.90 Å². The number of aliphatic hydroxyl groups is 2. The van der Waals surface area contributed by atoms with E-state index in [2.05, 4.69) is 11.5 Å². The van der Waals surface area contributed by atoms with Crippen LogP contribution in [0, 0.1) is 0 Å². The van der Waals surface area contributed by atoms with Crippen LogP contribution in [0.2, 0.25) is 0 Å². The summed E-state index contributed by atoms with van der Waals surface area (Å²) >= 11 is 0. The number of aldehydes is 1. The van der Waals surface area contributed by atoms with Gasteiger partial charge in [-0.2, -0.15) is 0 Å². The molecule has 0 aliphatic carbocycles. The van der Waals surface area contributed by atoms with Gasteiger partial charge in [0.2, 0.25) is 0 Å². The summed E-state index contributed by atoms with van der Waals surface area (Å²) in [7, 11) is 4.48. The van der Waals surface area contributed by atoms with Crippen molar-refractivity contribution in [2.45, 2.75) is 52.2 Å². The SMILES string of the molecule is C/C=C/F.C=CCC(O)(CCCN(C)C)c1ccc(C=O)cc1CO.CC.CF. The quantitative estimate of drug-likeness (QED) is 0.430. The number of halogens is 2. The topological polar surface area (TPSA) is 60.8 Å². The molecule has 1 aromatic rings. The van der Waals surface area contributed by atoms with Gasteiger partial charge in [0, 0.05) is 5.56 Å². The van der Waals surface area contributed by atoms with E-state index < -0.39 is 5.60 Å². The number of rotatable bonds is 9. The molecule has 0 heterocycles. The van der Waals surface area contributed by atoms with Crippen molar-refractivity contribution in [2.75, 3.05) is 27.8 Å². The molecule has 1 aromatic carbocycles. The van der Waals surface area contributed by atoms with Crippen LogP contribution in [0.4, 0.5) is 8.78 Å². The molecule has 4 nitrogen and oxygen atoms in total. The maximum atomic E-state index is 11.0. The number of allylic oxidation sites excluding steroid dienone is 1. The molecule has 1 unspecified atom stereocenters. The molecule has 0 radical (unpaired) electrons. The van der Waals surface area contributed by atoms with Crippen molar-refractivity contribution in [3.63, 3.8) is 0 Å². The minimum atomic E-state index is -1.06. The van der Waals surface area contributed by atoms with Crippen molar-refractivity contribution in [3.05, 3.63) is 60.0 Å². The number of hydrogen-bond donors (Lipinski definition) is 2. The number of nitrogens with zero attached hydrogens (tertiary/aromatic N) is 1. The van der Waals surface area contributed by atoms with Gasteiger partial charge in [-0.05, 0) is 64.0 Å². The molecule has 29 heavy (non-hydrogen) atoms. The minimum Gasteiger partial charge on any atom is -0.392 e. The van der Waals surface area contributed by atoms with Crippen LogP contribution in [0.1, 0.15) is 61.5 Å². The summed E-state index contributed by atoms with van der Waals surface area (Å²) in [5.74, 6) is 0. The zero-order chi connectivity index (χ0) is 23.3. The monoisotopic (exact) mass is 415 g/mol.